The zero-order valence-corrected chi connectivity index (χ0v) is 11.8. The molecule has 1 saturated heterocycles. The van der Waals surface area contributed by atoms with Crippen LogP contribution in [0, 0.1) is 0 Å². The van der Waals surface area contributed by atoms with Gasteiger partial charge < -0.3 is 14.7 Å². The van der Waals surface area contributed by atoms with Crippen molar-refractivity contribution in [2.75, 3.05) is 19.7 Å². The Bertz CT molecular complexity index is 536. The fourth-order valence-corrected chi connectivity index (χ4v) is 2.97. The largest absolute Gasteiger partial charge is 0.479 e. The van der Waals surface area contributed by atoms with Crippen LogP contribution < -0.4 is 0 Å². The van der Waals surface area contributed by atoms with Crippen LogP contribution in [0.5, 0.6) is 0 Å². The maximum absolute atomic E-state index is 12.4. The number of carboxylic acids is 1. The van der Waals surface area contributed by atoms with E-state index in [2.05, 4.69) is 5.10 Å². The number of nitrogens with zero attached hydrogens (tertiary/aromatic N) is 3. The molecular weight excluding hydrogens is 274 g/mol. The monoisotopic (exact) mass is 293 g/mol. The Balaban J connectivity index is 1.68. The van der Waals surface area contributed by atoms with Crippen molar-refractivity contribution < 1.29 is 19.4 Å². The minimum atomic E-state index is -1.04. The van der Waals surface area contributed by atoms with E-state index in [0.29, 0.717) is 18.3 Å². The van der Waals surface area contributed by atoms with Crippen LogP contribution >= 0.6 is 0 Å². The molecule has 0 radical (unpaired) electrons. The van der Waals surface area contributed by atoms with Crippen molar-refractivity contribution in [1.29, 1.82) is 0 Å². The Labute approximate surface area is 122 Å². The summed E-state index contributed by atoms with van der Waals surface area (Å²) in [6, 6.07) is 2.11. The molecular formula is C14H19N3O4. The lowest BCUT2D eigenvalue weighted by Gasteiger charge is -2.30. The van der Waals surface area contributed by atoms with Gasteiger partial charge in [-0.2, -0.15) is 5.10 Å². The summed E-state index contributed by atoms with van der Waals surface area (Å²) in [6.45, 7) is 0.718. The van der Waals surface area contributed by atoms with Gasteiger partial charge in [-0.3, -0.25) is 9.48 Å². The molecule has 1 N–H and O–H groups in total. The molecule has 2 aliphatic rings. The van der Waals surface area contributed by atoms with E-state index in [-0.39, 0.29) is 19.1 Å². The molecule has 3 rings (SSSR count). The van der Waals surface area contributed by atoms with Crippen molar-refractivity contribution in [1.82, 2.24) is 14.7 Å². The number of aliphatic carboxylic acids is 1. The standard InChI is InChI=1S/C14H19N3O4/c18-13(16-7-8-21-12(9-16)14(19)20)11-5-6-17(15-11)10-3-1-2-4-10/h5-6,10,12H,1-4,7-9H2,(H,19,20). The van der Waals surface area contributed by atoms with Crippen molar-refractivity contribution in [3.63, 3.8) is 0 Å². The number of amides is 1. The summed E-state index contributed by atoms with van der Waals surface area (Å²) in [5.74, 6) is -1.26. The third-order valence-electron chi connectivity index (χ3n) is 4.16. The first-order valence-electron chi connectivity index (χ1n) is 7.34. The van der Waals surface area contributed by atoms with Gasteiger partial charge in [0.05, 0.1) is 19.2 Å². The number of carbonyl (C=O) groups excluding carboxylic acids is 1. The molecule has 1 aromatic rings. The van der Waals surface area contributed by atoms with E-state index in [1.54, 1.807) is 6.07 Å². The van der Waals surface area contributed by atoms with Crippen molar-refractivity contribution in [2.45, 2.75) is 37.8 Å². The Morgan fingerprint density at radius 3 is 2.81 bits per heavy atom. The highest BCUT2D eigenvalue weighted by atomic mass is 16.5. The third kappa shape index (κ3) is 2.92. The van der Waals surface area contributed by atoms with Crippen LogP contribution in [-0.2, 0) is 9.53 Å². The van der Waals surface area contributed by atoms with Gasteiger partial charge in [0.15, 0.2) is 6.10 Å². The molecule has 21 heavy (non-hydrogen) atoms. The topological polar surface area (TPSA) is 84.7 Å². The third-order valence-corrected chi connectivity index (χ3v) is 4.16. The summed E-state index contributed by atoms with van der Waals surface area (Å²) >= 11 is 0. The molecule has 0 aromatic carbocycles. The van der Waals surface area contributed by atoms with Gasteiger partial charge in [-0.15, -0.1) is 0 Å². The van der Waals surface area contributed by atoms with E-state index in [4.69, 9.17) is 9.84 Å². The molecule has 0 spiro atoms. The second-order valence-corrected chi connectivity index (χ2v) is 5.57. The van der Waals surface area contributed by atoms with Crippen LogP contribution in [0.2, 0.25) is 0 Å². The average molecular weight is 293 g/mol. The fourth-order valence-electron chi connectivity index (χ4n) is 2.97. The maximum Gasteiger partial charge on any atom is 0.334 e. The maximum atomic E-state index is 12.4. The SMILES string of the molecule is O=C(O)C1CN(C(=O)c2ccn(C3CCCC3)n2)CCO1. The Kier molecular flexibility index (Phi) is 3.92. The summed E-state index contributed by atoms with van der Waals surface area (Å²) < 4.78 is 6.99. The second-order valence-electron chi connectivity index (χ2n) is 5.57. The normalized spacial score (nSPS) is 23.4. The lowest BCUT2D eigenvalue weighted by atomic mass is 10.2. The lowest BCUT2D eigenvalue weighted by Crippen LogP contribution is -2.48. The second kappa shape index (κ2) is 5.85. The summed E-state index contributed by atoms with van der Waals surface area (Å²) in [4.78, 5) is 24.9. The highest BCUT2D eigenvalue weighted by Gasteiger charge is 2.30. The van der Waals surface area contributed by atoms with Crippen molar-refractivity contribution in [2.24, 2.45) is 0 Å². The number of hydrogen-bond donors (Lipinski definition) is 1. The molecule has 2 fully saturated rings. The number of carboxylic acid groups (broad SMARTS) is 1. The van der Waals surface area contributed by atoms with Gasteiger partial charge in [0.2, 0.25) is 0 Å². The van der Waals surface area contributed by atoms with E-state index in [1.807, 2.05) is 10.9 Å². The molecule has 0 bridgehead atoms. The molecule has 1 aliphatic carbocycles. The van der Waals surface area contributed by atoms with Gasteiger partial charge in [0.1, 0.15) is 5.69 Å². The van der Waals surface area contributed by atoms with Crippen LogP contribution in [-0.4, -0.2) is 57.5 Å². The van der Waals surface area contributed by atoms with Gasteiger partial charge >= 0.3 is 5.97 Å². The molecule has 7 heteroatoms. The summed E-state index contributed by atoms with van der Waals surface area (Å²) in [5.41, 5.74) is 0.382. The van der Waals surface area contributed by atoms with Gasteiger partial charge in [-0.1, -0.05) is 12.8 Å². The highest BCUT2D eigenvalue weighted by molar-refractivity contribution is 5.92. The van der Waals surface area contributed by atoms with E-state index in [9.17, 15) is 9.59 Å². The first kappa shape index (κ1) is 14.1. The predicted molar refractivity (Wildman–Crippen MR) is 73.0 cm³/mol. The molecule has 1 aromatic heterocycles. The number of morpholine rings is 1. The molecule has 1 amide bonds. The minimum absolute atomic E-state index is 0.0739. The molecule has 1 atom stereocenters. The van der Waals surface area contributed by atoms with E-state index in [1.165, 1.54) is 17.7 Å². The van der Waals surface area contributed by atoms with Gasteiger partial charge in [-0.05, 0) is 18.9 Å². The van der Waals surface area contributed by atoms with Crippen LogP contribution in [0.3, 0.4) is 0 Å². The number of hydrogen-bond acceptors (Lipinski definition) is 4. The van der Waals surface area contributed by atoms with E-state index in [0.717, 1.165) is 12.8 Å². The van der Waals surface area contributed by atoms with Gasteiger partial charge in [0.25, 0.3) is 5.91 Å². The van der Waals surface area contributed by atoms with Crippen molar-refractivity contribution >= 4 is 11.9 Å². The average Bonchev–Trinajstić information content (AvgIpc) is 3.17. The highest BCUT2D eigenvalue weighted by Crippen LogP contribution is 2.28. The Morgan fingerprint density at radius 2 is 2.10 bits per heavy atom. The van der Waals surface area contributed by atoms with Crippen LogP contribution in [0.25, 0.3) is 0 Å². The number of carbonyl (C=O) groups is 2. The first-order chi connectivity index (χ1) is 10.1. The van der Waals surface area contributed by atoms with E-state index < -0.39 is 12.1 Å². The molecule has 7 nitrogen and oxygen atoms in total. The molecule has 1 unspecified atom stereocenters. The molecule has 2 heterocycles. The number of rotatable bonds is 3. The quantitative estimate of drug-likeness (QED) is 0.896. The Morgan fingerprint density at radius 1 is 1.33 bits per heavy atom. The first-order valence-corrected chi connectivity index (χ1v) is 7.34. The fraction of sp³-hybridized carbons (Fsp3) is 0.643. The smallest absolute Gasteiger partial charge is 0.334 e. The van der Waals surface area contributed by atoms with Crippen LogP contribution in [0.4, 0.5) is 0 Å². The summed E-state index contributed by atoms with van der Waals surface area (Å²) in [5, 5.41) is 13.3. The molecule has 1 aliphatic heterocycles. The summed E-state index contributed by atoms with van der Waals surface area (Å²) in [7, 11) is 0. The van der Waals surface area contributed by atoms with Crippen molar-refractivity contribution in [3.8, 4) is 0 Å². The number of aromatic nitrogens is 2. The molecule has 1 saturated carbocycles. The van der Waals surface area contributed by atoms with Gasteiger partial charge in [-0.25, -0.2) is 4.79 Å². The Hall–Kier alpha value is -1.89. The zero-order valence-electron chi connectivity index (χ0n) is 11.8. The summed E-state index contributed by atoms with van der Waals surface area (Å²) in [6.07, 6.45) is 5.52. The minimum Gasteiger partial charge on any atom is -0.479 e. The van der Waals surface area contributed by atoms with Gasteiger partial charge in [0, 0.05) is 12.7 Å². The van der Waals surface area contributed by atoms with Crippen molar-refractivity contribution in [3.05, 3.63) is 18.0 Å². The number of ether oxygens (including phenoxy) is 1. The van der Waals surface area contributed by atoms with Crippen LogP contribution in [0.15, 0.2) is 12.3 Å². The van der Waals surface area contributed by atoms with Crippen LogP contribution in [0.1, 0.15) is 42.2 Å². The van der Waals surface area contributed by atoms with E-state index >= 15 is 0 Å². The lowest BCUT2D eigenvalue weighted by molar-refractivity contribution is -0.154. The predicted octanol–water partition coefficient (Wildman–Crippen LogP) is 0.924. The zero-order chi connectivity index (χ0) is 14.8. The molecule has 114 valence electrons.